The molecular weight excluding hydrogens is 1080 g/mol. The molecule has 0 spiro atoms. The maximum Gasteiger partial charge on any atom is 0.319 e. The first-order valence-corrected chi connectivity index (χ1v) is 30.3. The van der Waals surface area contributed by atoms with Crippen LogP contribution in [0.3, 0.4) is 0 Å². The first-order chi connectivity index (χ1) is 41.4. The van der Waals surface area contributed by atoms with Gasteiger partial charge in [0.15, 0.2) is 5.75 Å². The number of carbonyl (C=O) groups is 2. The van der Waals surface area contributed by atoms with Gasteiger partial charge in [-0.2, -0.15) is 15.1 Å². The molecule has 1 aliphatic carbocycles. The fourth-order valence-corrected chi connectivity index (χ4v) is 11.8. The van der Waals surface area contributed by atoms with Crippen molar-refractivity contribution in [1.29, 1.82) is 0 Å². The Balaban J connectivity index is 0.000000227. The maximum absolute atomic E-state index is 15.9. The molecule has 5 atom stereocenters. The van der Waals surface area contributed by atoms with Crippen LogP contribution in [0.5, 0.6) is 11.8 Å². The number of aliphatic hydroxyl groups is 1. The number of likely N-dealkylation sites (tertiary alicyclic amines) is 1. The lowest BCUT2D eigenvalue weighted by atomic mass is 9.88. The van der Waals surface area contributed by atoms with Gasteiger partial charge >= 0.3 is 6.01 Å². The summed E-state index contributed by atoms with van der Waals surface area (Å²) in [5.41, 5.74) is 11.3. The molecule has 4 aromatic carbocycles. The molecule has 13 rings (SSSR count). The van der Waals surface area contributed by atoms with Gasteiger partial charge in [-0.1, -0.05) is 87.5 Å². The van der Waals surface area contributed by atoms with Gasteiger partial charge in [-0.25, -0.2) is 9.07 Å². The van der Waals surface area contributed by atoms with Crippen molar-refractivity contribution in [3.8, 4) is 45.4 Å². The van der Waals surface area contributed by atoms with Crippen LogP contribution in [0.15, 0.2) is 91.4 Å². The van der Waals surface area contributed by atoms with Gasteiger partial charge < -0.3 is 39.8 Å². The number of ether oxygens (including phenoxy) is 3. The molecule has 8 heterocycles. The Labute approximate surface area is 497 Å². The fraction of sp³-hybridized carbons (Fsp3) is 0.455. The number of pyridine rings is 1. The number of carbonyl (C=O) groups excluding carboxylic acids is 2. The summed E-state index contributed by atoms with van der Waals surface area (Å²) in [6, 6.07) is 25.1. The number of benzene rings is 4. The van der Waals surface area contributed by atoms with Crippen LogP contribution in [0.25, 0.3) is 55.4 Å². The van der Waals surface area contributed by atoms with Crippen LogP contribution < -0.4 is 25.0 Å². The molecule has 5 fully saturated rings. The van der Waals surface area contributed by atoms with Crippen LogP contribution in [0.2, 0.25) is 0 Å². The number of H-pyrrole nitrogens is 1. The third-order valence-corrected chi connectivity index (χ3v) is 17.2. The molecule has 2 bridgehead atoms. The lowest BCUT2D eigenvalue weighted by Crippen LogP contribution is -2.44. The molecule has 4 saturated heterocycles. The lowest BCUT2D eigenvalue weighted by molar-refractivity contribution is -0.118. The smallest absolute Gasteiger partial charge is 0.319 e. The van der Waals surface area contributed by atoms with Crippen LogP contribution in [-0.2, 0) is 20.9 Å². The van der Waals surface area contributed by atoms with Crippen LogP contribution in [-0.4, -0.2) is 127 Å². The van der Waals surface area contributed by atoms with Gasteiger partial charge in [-0.15, -0.1) is 5.10 Å². The Kier molecular flexibility index (Phi) is 19.5. The van der Waals surface area contributed by atoms with Gasteiger partial charge in [0.1, 0.15) is 35.6 Å². The van der Waals surface area contributed by atoms with Crippen LogP contribution in [0, 0.1) is 25.6 Å². The van der Waals surface area contributed by atoms with E-state index in [1.807, 2.05) is 79.9 Å². The summed E-state index contributed by atoms with van der Waals surface area (Å²) in [6.07, 6.45) is 14.1. The zero-order valence-electron chi connectivity index (χ0n) is 50.2. The van der Waals surface area contributed by atoms with Gasteiger partial charge in [0, 0.05) is 89.8 Å². The van der Waals surface area contributed by atoms with Crippen molar-refractivity contribution >= 4 is 40.4 Å². The van der Waals surface area contributed by atoms with Crippen LogP contribution >= 0.6 is 0 Å². The van der Waals surface area contributed by atoms with E-state index in [0.717, 1.165) is 131 Å². The quantitative estimate of drug-likeness (QED) is 0.0625. The second-order valence-corrected chi connectivity index (χ2v) is 23.1. The highest BCUT2D eigenvalue weighted by atomic mass is 19.1. The number of hydrogen-bond acceptors (Lipinski definition) is 14. The second-order valence-electron chi connectivity index (χ2n) is 23.1. The number of aromatic nitrogens is 8. The largest absolute Gasteiger partial charge is 0.486 e. The number of nitrogens with one attached hydrogen (secondary N) is 3. The molecule has 4 aromatic heterocycles. The molecule has 2 amide bonds. The number of rotatable bonds is 17. The number of aromatic amines is 1. The molecule has 1 saturated carbocycles. The average Bonchev–Trinajstić information content (AvgIpc) is 1.89. The van der Waals surface area contributed by atoms with Crippen molar-refractivity contribution in [3.05, 3.63) is 125 Å². The van der Waals surface area contributed by atoms with E-state index >= 15 is 4.39 Å². The summed E-state index contributed by atoms with van der Waals surface area (Å²) in [4.78, 5) is 39.6. The summed E-state index contributed by atoms with van der Waals surface area (Å²) in [6.45, 7) is 20.6. The Morgan fingerprint density at radius 2 is 1.69 bits per heavy atom. The SMILES string of the molecule is CC.CC1CCCN1C=O.Cc1c(F)cc2[nH]ncc2c1-c1c(C2CC2)cc2c(N3CC4CC3CN4)nc(OC3CCOCC3)nc2c1OCc1ccc(-c2cn(C(C)C(C)C)nn2)cc1.Cc1cccnc1-c1ccc(C(CO)NC=O)cc1. The Hall–Kier alpha value is -7.87. The minimum absolute atomic E-state index is 0.0509. The van der Waals surface area contributed by atoms with E-state index in [9.17, 15) is 14.7 Å². The number of halogens is 1. The molecule has 4 N–H and O–H groups in total. The molecule has 4 aliphatic heterocycles. The highest BCUT2D eigenvalue weighted by Gasteiger charge is 2.41. The molecule has 8 aromatic rings. The van der Waals surface area contributed by atoms with Crippen molar-refractivity contribution in [3.63, 3.8) is 0 Å². The number of aliphatic hydroxyl groups excluding tert-OH is 1. The molecule has 85 heavy (non-hydrogen) atoms. The minimum atomic E-state index is -0.364. The van der Waals surface area contributed by atoms with E-state index in [1.165, 1.54) is 18.9 Å². The van der Waals surface area contributed by atoms with Crippen molar-refractivity contribution in [2.75, 3.05) is 44.4 Å². The summed E-state index contributed by atoms with van der Waals surface area (Å²) < 4.78 is 37.1. The highest BCUT2D eigenvalue weighted by molar-refractivity contribution is 6.06. The van der Waals surface area contributed by atoms with Crippen molar-refractivity contribution in [2.24, 2.45) is 5.92 Å². The molecule has 5 aliphatic rings. The summed E-state index contributed by atoms with van der Waals surface area (Å²) in [5, 5.41) is 33.4. The van der Waals surface area contributed by atoms with E-state index in [-0.39, 0.29) is 37.2 Å². The van der Waals surface area contributed by atoms with Gasteiger partial charge in [0.2, 0.25) is 12.8 Å². The molecule has 448 valence electrons. The average molecular weight is 1160 g/mol. The predicted octanol–water partition coefficient (Wildman–Crippen LogP) is 11.2. The first kappa shape index (κ1) is 60.3. The van der Waals surface area contributed by atoms with E-state index in [2.05, 4.69) is 99.1 Å². The van der Waals surface area contributed by atoms with Crippen LogP contribution in [0.1, 0.15) is 132 Å². The van der Waals surface area contributed by atoms with Crippen molar-refractivity contribution in [2.45, 2.75) is 149 Å². The lowest BCUT2D eigenvalue weighted by Gasteiger charge is -2.31. The zero-order valence-corrected chi connectivity index (χ0v) is 50.2. The third kappa shape index (κ3) is 13.5. The number of anilines is 1. The monoisotopic (exact) mass is 1160 g/mol. The molecule has 18 nitrogen and oxygen atoms in total. The Morgan fingerprint density at radius 3 is 2.33 bits per heavy atom. The Bertz CT molecular complexity index is 3550. The van der Waals surface area contributed by atoms with E-state index in [0.29, 0.717) is 77.9 Å². The number of nitrogens with zero attached hydrogens (tertiary/aromatic N) is 9. The third-order valence-electron chi connectivity index (χ3n) is 17.2. The summed E-state index contributed by atoms with van der Waals surface area (Å²) in [7, 11) is 0. The van der Waals surface area contributed by atoms with E-state index < -0.39 is 0 Å². The van der Waals surface area contributed by atoms with Crippen LogP contribution in [0.4, 0.5) is 10.2 Å². The Morgan fingerprint density at radius 1 is 0.929 bits per heavy atom. The maximum atomic E-state index is 15.9. The molecular formula is C66H81FN12O6. The second kappa shape index (κ2) is 27.4. The molecule has 5 unspecified atom stereocenters. The predicted molar refractivity (Wildman–Crippen MR) is 329 cm³/mol. The number of aryl methyl sites for hydroxylation is 1. The van der Waals surface area contributed by atoms with E-state index in [1.54, 1.807) is 12.4 Å². The standard InChI is InChI=1S/C43H48FN9O3.C15H16N2O2.C6H11NO.C2H6/c1-23(2)25(4)53-21-37(50-51-53)28-7-5-26(6-8-28)22-55-41-39(38-24(3)35(44)17-36-34(38)19-46-49-36)32(27-9-10-27)16-33-40(41)47-43(56-31-11-13-54-14-12-31)48-42(33)52-20-29-15-30(52)18-45-29;1-11-3-2-8-16-15(11)13-6-4-12(5-7-13)14(9-18)17-10-19;1-6-3-2-4-7(6)5-8;1-2/h5-8,16-17,19,21,23,25,27,29-31,45H,9-15,18,20,22H2,1-4H3,(H,46,49);2-8,10,14,18H,9H2,1H3,(H,17,19);5-6H,2-4H2,1H3;1-2H3. The fourth-order valence-electron chi connectivity index (χ4n) is 11.8. The highest BCUT2D eigenvalue weighted by Crippen LogP contribution is 2.53. The van der Waals surface area contributed by atoms with Gasteiger partial charge in [-0.3, -0.25) is 19.7 Å². The first-order valence-electron chi connectivity index (χ1n) is 30.3. The number of amides is 2. The molecule has 19 heteroatoms. The molecule has 0 radical (unpaired) electrons. The summed E-state index contributed by atoms with van der Waals surface area (Å²) >= 11 is 0. The number of piperazine rings is 1. The van der Waals surface area contributed by atoms with Crippen molar-refractivity contribution < 1.29 is 33.3 Å². The number of hydrogen-bond donors (Lipinski definition) is 4. The van der Waals surface area contributed by atoms with E-state index in [4.69, 9.17) is 24.2 Å². The van der Waals surface area contributed by atoms with Gasteiger partial charge in [0.05, 0.1) is 55.5 Å². The van der Waals surface area contributed by atoms with Gasteiger partial charge in [-0.05, 0) is 118 Å². The van der Waals surface area contributed by atoms with Gasteiger partial charge in [0.25, 0.3) is 0 Å². The van der Waals surface area contributed by atoms with Crippen molar-refractivity contribution in [1.82, 2.24) is 55.7 Å². The zero-order chi connectivity index (χ0) is 59.7. The number of fused-ring (bicyclic) bond motifs is 4. The minimum Gasteiger partial charge on any atom is -0.486 e. The normalized spacial score (nSPS) is 18.9. The topological polar surface area (TPSA) is 211 Å². The summed E-state index contributed by atoms with van der Waals surface area (Å²) in [5.74, 6) is 1.93.